The third-order valence-electron chi connectivity index (χ3n) is 3.71. The molecule has 3 nitrogen and oxygen atoms in total. The zero-order valence-corrected chi connectivity index (χ0v) is 11.6. The van der Waals surface area contributed by atoms with Gasteiger partial charge >= 0.3 is 0 Å². The van der Waals surface area contributed by atoms with Crippen molar-refractivity contribution in [3.8, 4) is 5.75 Å². The highest BCUT2D eigenvalue weighted by molar-refractivity contribution is 5.81. The van der Waals surface area contributed by atoms with Gasteiger partial charge in [-0.2, -0.15) is 4.58 Å². The van der Waals surface area contributed by atoms with Crippen LogP contribution in [0.4, 0.5) is 11.4 Å². The Morgan fingerprint density at radius 3 is 2.70 bits per heavy atom. The van der Waals surface area contributed by atoms with Crippen LogP contribution in [0.1, 0.15) is 18.9 Å². The predicted octanol–water partition coefficient (Wildman–Crippen LogP) is 3.20. The Balaban J connectivity index is 2.14. The Morgan fingerprint density at radius 1 is 1.15 bits per heavy atom. The smallest absolute Gasteiger partial charge is 0.228 e. The lowest BCUT2D eigenvalue weighted by molar-refractivity contribution is -0.481. The first kappa shape index (κ1) is 12.7. The van der Waals surface area contributed by atoms with Gasteiger partial charge in [-0.15, -0.1) is 0 Å². The van der Waals surface area contributed by atoms with Crippen LogP contribution in [-0.4, -0.2) is 23.4 Å². The van der Waals surface area contributed by atoms with Gasteiger partial charge < -0.3 is 10.5 Å². The molecular formula is C17H19N2O+. The minimum absolute atomic E-state index is 0.284. The number of hydrogen-bond donors (Lipinski definition) is 1. The zero-order chi connectivity index (χ0) is 13.9. The van der Waals surface area contributed by atoms with Gasteiger partial charge in [-0.05, 0) is 18.2 Å². The molecule has 2 aromatic carbocycles. The molecule has 0 aliphatic carbocycles. The van der Waals surface area contributed by atoms with E-state index in [0.29, 0.717) is 6.61 Å². The van der Waals surface area contributed by atoms with E-state index in [1.165, 1.54) is 0 Å². The van der Waals surface area contributed by atoms with Gasteiger partial charge in [-0.3, -0.25) is 0 Å². The summed E-state index contributed by atoms with van der Waals surface area (Å²) in [5.41, 5.74) is 9.06. The first-order valence-corrected chi connectivity index (χ1v) is 6.99. The van der Waals surface area contributed by atoms with Crippen LogP contribution in [0.2, 0.25) is 0 Å². The summed E-state index contributed by atoms with van der Waals surface area (Å²) in [5, 5.41) is 0. The van der Waals surface area contributed by atoms with Crippen molar-refractivity contribution in [2.24, 2.45) is 0 Å². The van der Waals surface area contributed by atoms with Crippen LogP contribution in [0.25, 0.3) is 0 Å². The molecule has 3 rings (SSSR count). The average Bonchev–Trinajstić information content (AvgIpc) is 2.67. The summed E-state index contributed by atoms with van der Waals surface area (Å²) in [5.74, 6) is 0.933. The molecule has 1 unspecified atom stereocenters. The van der Waals surface area contributed by atoms with Crippen molar-refractivity contribution in [2.75, 3.05) is 12.3 Å². The standard InChI is InChI=1S/C17H19N2O/c1-2-14-12-20-17-10-6-3-7-13(17)11-19(14)16-9-5-4-8-15(16)18/h3-11,14H,2,12,18H2,1H3/q+1. The van der Waals surface area contributed by atoms with E-state index in [0.717, 1.165) is 29.1 Å². The third kappa shape index (κ3) is 2.27. The quantitative estimate of drug-likeness (QED) is 0.670. The summed E-state index contributed by atoms with van der Waals surface area (Å²) in [6.45, 7) is 2.84. The van der Waals surface area contributed by atoms with Gasteiger partial charge in [0, 0.05) is 12.5 Å². The molecule has 0 spiro atoms. The normalized spacial score (nSPS) is 17.6. The number of anilines is 1. The summed E-state index contributed by atoms with van der Waals surface area (Å²) in [6, 6.07) is 16.4. The van der Waals surface area contributed by atoms with Gasteiger partial charge in [-0.25, -0.2) is 0 Å². The van der Waals surface area contributed by atoms with Crippen LogP contribution in [0, 0.1) is 0 Å². The van der Waals surface area contributed by atoms with E-state index in [-0.39, 0.29) is 6.04 Å². The molecule has 1 heterocycles. The van der Waals surface area contributed by atoms with Crippen LogP contribution in [0.15, 0.2) is 48.5 Å². The molecule has 1 aliphatic heterocycles. The number of ether oxygens (including phenoxy) is 1. The van der Waals surface area contributed by atoms with Gasteiger partial charge in [0.25, 0.3) is 0 Å². The van der Waals surface area contributed by atoms with Crippen LogP contribution in [-0.2, 0) is 0 Å². The second kappa shape index (κ2) is 5.37. The number of rotatable bonds is 2. The first-order valence-electron chi connectivity index (χ1n) is 6.99. The van der Waals surface area contributed by atoms with Crippen LogP contribution < -0.4 is 10.5 Å². The molecule has 0 aromatic heterocycles. The highest BCUT2D eigenvalue weighted by atomic mass is 16.5. The van der Waals surface area contributed by atoms with Crippen molar-refractivity contribution < 1.29 is 9.31 Å². The van der Waals surface area contributed by atoms with Crippen molar-refractivity contribution in [1.29, 1.82) is 0 Å². The van der Waals surface area contributed by atoms with Gasteiger partial charge in [0.15, 0.2) is 12.3 Å². The van der Waals surface area contributed by atoms with E-state index in [4.69, 9.17) is 10.5 Å². The highest BCUT2D eigenvalue weighted by Gasteiger charge is 2.27. The van der Waals surface area contributed by atoms with Crippen LogP contribution in [0.5, 0.6) is 5.75 Å². The topological polar surface area (TPSA) is 38.3 Å². The number of nitrogens with zero attached hydrogens (tertiary/aromatic N) is 1. The minimum Gasteiger partial charge on any atom is -0.486 e. The minimum atomic E-state index is 0.284. The zero-order valence-electron chi connectivity index (χ0n) is 11.6. The maximum atomic E-state index is 6.14. The average molecular weight is 267 g/mol. The monoisotopic (exact) mass is 267 g/mol. The molecule has 1 aliphatic rings. The van der Waals surface area contributed by atoms with E-state index in [2.05, 4.69) is 29.8 Å². The molecule has 0 fully saturated rings. The Labute approximate surface area is 119 Å². The molecule has 0 amide bonds. The number of para-hydroxylation sites is 3. The third-order valence-corrected chi connectivity index (χ3v) is 3.71. The summed E-state index contributed by atoms with van der Waals surface area (Å²) >= 11 is 0. The molecule has 102 valence electrons. The lowest BCUT2D eigenvalue weighted by Crippen LogP contribution is -2.28. The SMILES string of the molecule is CCC1COc2ccccc2C=[N+]1c1ccccc1N. The van der Waals surface area contributed by atoms with E-state index in [1.807, 2.05) is 36.4 Å². The van der Waals surface area contributed by atoms with Gasteiger partial charge in [0.1, 0.15) is 18.0 Å². The molecule has 2 aromatic rings. The molecule has 1 atom stereocenters. The summed E-state index contributed by atoms with van der Waals surface area (Å²) in [4.78, 5) is 0. The molecule has 0 saturated carbocycles. The Kier molecular flexibility index (Phi) is 3.42. The molecule has 0 radical (unpaired) electrons. The summed E-state index contributed by atoms with van der Waals surface area (Å²) in [7, 11) is 0. The number of hydrogen-bond acceptors (Lipinski definition) is 2. The predicted molar refractivity (Wildman–Crippen MR) is 82.0 cm³/mol. The van der Waals surface area contributed by atoms with Crippen LogP contribution in [0.3, 0.4) is 0 Å². The van der Waals surface area contributed by atoms with E-state index < -0.39 is 0 Å². The molecule has 3 heteroatoms. The molecule has 2 N–H and O–H groups in total. The van der Waals surface area contributed by atoms with Crippen LogP contribution >= 0.6 is 0 Å². The maximum absolute atomic E-state index is 6.14. The second-order valence-corrected chi connectivity index (χ2v) is 5.01. The van der Waals surface area contributed by atoms with E-state index in [1.54, 1.807) is 0 Å². The Bertz CT molecular complexity index is 649. The van der Waals surface area contributed by atoms with E-state index in [9.17, 15) is 0 Å². The second-order valence-electron chi connectivity index (χ2n) is 5.01. The largest absolute Gasteiger partial charge is 0.486 e. The summed E-state index contributed by atoms with van der Waals surface area (Å²) < 4.78 is 8.17. The lowest BCUT2D eigenvalue weighted by Gasteiger charge is -2.13. The Hall–Kier alpha value is -2.29. The summed E-state index contributed by atoms with van der Waals surface area (Å²) in [6.07, 6.45) is 3.14. The number of nitrogen functional groups attached to an aromatic ring is 1. The maximum Gasteiger partial charge on any atom is 0.228 e. The fourth-order valence-corrected chi connectivity index (χ4v) is 2.54. The number of fused-ring (bicyclic) bond motifs is 1. The fraction of sp³-hybridized carbons (Fsp3) is 0.235. The van der Waals surface area contributed by atoms with Gasteiger partial charge in [0.2, 0.25) is 5.69 Å². The molecule has 20 heavy (non-hydrogen) atoms. The van der Waals surface area contributed by atoms with Gasteiger partial charge in [0.05, 0.1) is 5.56 Å². The molecular weight excluding hydrogens is 248 g/mol. The highest BCUT2D eigenvalue weighted by Crippen LogP contribution is 2.27. The van der Waals surface area contributed by atoms with Crippen molar-refractivity contribution in [3.05, 3.63) is 54.1 Å². The van der Waals surface area contributed by atoms with E-state index >= 15 is 0 Å². The molecule has 0 bridgehead atoms. The number of nitrogens with two attached hydrogens (primary N) is 1. The van der Waals surface area contributed by atoms with Crippen molar-refractivity contribution in [3.63, 3.8) is 0 Å². The Morgan fingerprint density at radius 2 is 1.90 bits per heavy atom. The molecule has 0 saturated heterocycles. The van der Waals surface area contributed by atoms with Crippen molar-refractivity contribution in [2.45, 2.75) is 19.4 Å². The van der Waals surface area contributed by atoms with Crippen molar-refractivity contribution in [1.82, 2.24) is 0 Å². The fourth-order valence-electron chi connectivity index (χ4n) is 2.54. The lowest BCUT2D eigenvalue weighted by atomic mass is 10.1. The first-order chi connectivity index (χ1) is 9.79. The number of benzene rings is 2. The van der Waals surface area contributed by atoms with Gasteiger partial charge in [-0.1, -0.05) is 31.2 Å². The van der Waals surface area contributed by atoms with Crippen molar-refractivity contribution >= 4 is 17.6 Å².